The lowest BCUT2D eigenvalue weighted by atomic mass is 10.1. The number of methoxy groups -OCH3 is 1. The van der Waals surface area contributed by atoms with Gasteiger partial charge in [0.15, 0.2) is 4.80 Å². The lowest BCUT2D eigenvalue weighted by Crippen LogP contribution is -2.17. The van der Waals surface area contributed by atoms with Gasteiger partial charge in [-0.1, -0.05) is 36.8 Å². The standard InChI is InChI=1S/C22H24N2O2S/c1-5-19-20(16-9-7-15(3)8-10-16)24(6-2)22(27-19)23-21(25)17-11-13-18(26-4)14-12-17/h7-14H,5-6H2,1-4H3. The smallest absolute Gasteiger partial charge is 0.279 e. The third kappa shape index (κ3) is 4.03. The number of benzene rings is 2. The normalized spacial score (nSPS) is 11.6. The molecule has 2 aromatic carbocycles. The molecule has 0 aliphatic carbocycles. The molecule has 0 unspecified atom stereocenters. The molecule has 27 heavy (non-hydrogen) atoms. The second kappa shape index (κ2) is 8.35. The molecule has 0 saturated carbocycles. The third-order valence-electron chi connectivity index (χ3n) is 4.48. The van der Waals surface area contributed by atoms with Crippen LogP contribution in [0.5, 0.6) is 5.75 Å². The molecule has 3 aromatic rings. The number of rotatable bonds is 5. The van der Waals surface area contributed by atoms with Crippen molar-refractivity contribution in [1.82, 2.24) is 4.57 Å². The molecule has 1 heterocycles. The molecule has 0 saturated heterocycles. The minimum absolute atomic E-state index is 0.237. The van der Waals surface area contributed by atoms with Crippen LogP contribution in [0, 0.1) is 6.92 Å². The minimum Gasteiger partial charge on any atom is -0.497 e. The lowest BCUT2D eigenvalue weighted by Gasteiger charge is -2.09. The van der Waals surface area contributed by atoms with Crippen molar-refractivity contribution in [3.05, 3.63) is 69.3 Å². The SMILES string of the molecule is CCc1sc(=NC(=O)c2ccc(OC)cc2)n(CC)c1-c1ccc(C)cc1. The summed E-state index contributed by atoms with van der Waals surface area (Å²) in [4.78, 5) is 19.1. The number of ether oxygens (including phenoxy) is 1. The highest BCUT2D eigenvalue weighted by molar-refractivity contribution is 7.09. The zero-order chi connectivity index (χ0) is 19.4. The van der Waals surface area contributed by atoms with E-state index in [-0.39, 0.29) is 5.91 Å². The van der Waals surface area contributed by atoms with E-state index in [1.54, 1.807) is 42.7 Å². The Morgan fingerprint density at radius 2 is 1.74 bits per heavy atom. The number of carbonyl (C=O) groups is 1. The first-order valence-electron chi connectivity index (χ1n) is 9.10. The molecule has 3 rings (SSSR count). The highest BCUT2D eigenvalue weighted by Gasteiger charge is 2.15. The third-order valence-corrected chi connectivity index (χ3v) is 5.70. The van der Waals surface area contributed by atoms with Gasteiger partial charge in [0.05, 0.1) is 12.8 Å². The molecule has 0 aliphatic heterocycles. The Labute approximate surface area is 163 Å². The summed E-state index contributed by atoms with van der Waals surface area (Å²) < 4.78 is 7.29. The first-order chi connectivity index (χ1) is 13.1. The van der Waals surface area contributed by atoms with Gasteiger partial charge in [-0.3, -0.25) is 4.79 Å². The van der Waals surface area contributed by atoms with Gasteiger partial charge in [-0.05, 0) is 50.1 Å². The van der Waals surface area contributed by atoms with E-state index in [1.165, 1.54) is 10.4 Å². The number of thiazole rings is 1. The molecule has 140 valence electrons. The van der Waals surface area contributed by atoms with Crippen molar-refractivity contribution in [2.45, 2.75) is 33.7 Å². The van der Waals surface area contributed by atoms with Gasteiger partial charge in [0.2, 0.25) is 0 Å². The monoisotopic (exact) mass is 380 g/mol. The number of aromatic nitrogens is 1. The van der Waals surface area contributed by atoms with Gasteiger partial charge in [-0.15, -0.1) is 11.3 Å². The summed E-state index contributed by atoms with van der Waals surface area (Å²) in [6.45, 7) is 7.06. The zero-order valence-electron chi connectivity index (χ0n) is 16.2. The van der Waals surface area contributed by atoms with Gasteiger partial charge in [0.1, 0.15) is 5.75 Å². The van der Waals surface area contributed by atoms with Crippen molar-refractivity contribution in [2.75, 3.05) is 7.11 Å². The summed E-state index contributed by atoms with van der Waals surface area (Å²) in [6, 6.07) is 15.6. The maximum Gasteiger partial charge on any atom is 0.279 e. The molecule has 1 amide bonds. The van der Waals surface area contributed by atoms with Crippen LogP contribution in [0.4, 0.5) is 0 Å². The van der Waals surface area contributed by atoms with Crippen molar-refractivity contribution in [3.63, 3.8) is 0 Å². The highest BCUT2D eigenvalue weighted by Crippen LogP contribution is 2.27. The predicted molar refractivity (Wildman–Crippen MR) is 110 cm³/mol. The van der Waals surface area contributed by atoms with E-state index in [2.05, 4.69) is 54.6 Å². The van der Waals surface area contributed by atoms with Gasteiger partial charge < -0.3 is 9.30 Å². The van der Waals surface area contributed by atoms with Crippen LogP contribution in [0.1, 0.15) is 34.6 Å². The van der Waals surface area contributed by atoms with E-state index < -0.39 is 0 Å². The molecular formula is C22H24N2O2S. The van der Waals surface area contributed by atoms with Crippen LogP contribution in [0.25, 0.3) is 11.3 Å². The van der Waals surface area contributed by atoms with Gasteiger partial charge >= 0.3 is 0 Å². The molecule has 0 atom stereocenters. The average molecular weight is 381 g/mol. The largest absolute Gasteiger partial charge is 0.497 e. The summed E-state index contributed by atoms with van der Waals surface area (Å²) >= 11 is 1.59. The molecule has 0 bridgehead atoms. The number of nitrogens with zero attached hydrogens (tertiary/aromatic N) is 2. The topological polar surface area (TPSA) is 43.6 Å². The molecule has 0 radical (unpaired) electrons. The maximum absolute atomic E-state index is 12.7. The number of aryl methyl sites for hydroxylation is 2. The Morgan fingerprint density at radius 1 is 1.07 bits per heavy atom. The quantitative estimate of drug-likeness (QED) is 0.635. The number of carbonyl (C=O) groups excluding carboxylic acids is 1. The van der Waals surface area contributed by atoms with E-state index in [1.807, 2.05) is 0 Å². The predicted octanol–water partition coefficient (Wildman–Crippen LogP) is 4.86. The summed E-state index contributed by atoms with van der Waals surface area (Å²) in [6.07, 6.45) is 0.903. The fourth-order valence-electron chi connectivity index (χ4n) is 2.99. The summed E-state index contributed by atoms with van der Waals surface area (Å²) in [5.41, 5.74) is 4.11. The average Bonchev–Trinajstić information content (AvgIpc) is 3.05. The summed E-state index contributed by atoms with van der Waals surface area (Å²) in [7, 11) is 1.61. The van der Waals surface area contributed by atoms with Crippen LogP contribution in [0.15, 0.2) is 53.5 Å². The second-order valence-corrected chi connectivity index (χ2v) is 7.33. The first kappa shape index (κ1) is 19.1. The Kier molecular flexibility index (Phi) is 5.91. The number of amides is 1. The molecule has 5 heteroatoms. The molecule has 0 N–H and O–H groups in total. The molecule has 1 aromatic heterocycles. The summed E-state index contributed by atoms with van der Waals surface area (Å²) in [5, 5.41) is 0. The Morgan fingerprint density at radius 3 is 2.30 bits per heavy atom. The van der Waals surface area contributed by atoms with Gasteiger partial charge in [0.25, 0.3) is 5.91 Å². The molecule has 0 spiro atoms. The maximum atomic E-state index is 12.7. The molecular weight excluding hydrogens is 356 g/mol. The van der Waals surface area contributed by atoms with Crippen molar-refractivity contribution < 1.29 is 9.53 Å². The Hall–Kier alpha value is -2.66. The summed E-state index contributed by atoms with van der Waals surface area (Å²) in [5.74, 6) is 0.487. The van der Waals surface area contributed by atoms with Crippen LogP contribution >= 0.6 is 11.3 Å². The highest BCUT2D eigenvalue weighted by atomic mass is 32.1. The van der Waals surface area contributed by atoms with Crippen LogP contribution in [-0.4, -0.2) is 17.6 Å². The Balaban J connectivity index is 2.08. The second-order valence-electron chi connectivity index (χ2n) is 6.27. The van der Waals surface area contributed by atoms with Crippen LogP contribution in [0.2, 0.25) is 0 Å². The van der Waals surface area contributed by atoms with Gasteiger partial charge in [0, 0.05) is 17.0 Å². The van der Waals surface area contributed by atoms with E-state index in [4.69, 9.17) is 4.74 Å². The van der Waals surface area contributed by atoms with Crippen molar-refractivity contribution in [2.24, 2.45) is 4.99 Å². The molecule has 4 nitrogen and oxygen atoms in total. The van der Waals surface area contributed by atoms with Crippen LogP contribution in [-0.2, 0) is 13.0 Å². The van der Waals surface area contributed by atoms with E-state index in [0.717, 1.165) is 34.8 Å². The van der Waals surface area contributed by atoms with E-state index in [0.29, 0.717) is 5.56 Å². The van der Waals surface area contributed by atoms with Crippen molar-refractivity contribution in [3.8, 4) is 17.0 Å². The lowest BCUT2D eigenvalue weighted by molar-refractivity contribution is 0.0998. The Bertz CT molecular complexity index is 996. The van der Waals surface area contributed by atoms with Crippen LogP contribution < -0.4 is 9.54 Å². The fourth-order valence-corrected chi connectivity index (χ4v) is 4.14. The van der Waals surface area contributed by atoms with Crippen LogP contribution in [0.3, 0.4) is 0 Å². The molecule has 0 fully saturated rings. The van der Waals surface area contributed by atoms with E-state index in [9.17, 15) is 4.79 Å². The fraction of sp³-hybridized carbons (Fsp3) is 0.273. The molecule has 0 aliphatic rings. The van der Waals surface area contributed by atoms with Crippen molar-refractivity contribution >= 4 is 17.2 Å². The van der Waals surface area contributed by atoms with Gasteiger partial charge in [-0.25, -0.2) is 0 Å². The first-order valence-corrected chi connectivity index (χ1v) is 9.91. The minimum atomic E-state index is -0.237. The zero-order valence-corrected chi connectivity index (χ0v) is 17.0. The number of hydrogen-bond acceptors (Lipinski definition) is 3. The van der Waals surface area contributed by atoms with Gasteiger partial charge in [-0.2, -0.15) is 4.99 Å². The van der Waals surface area contributed by atoms with Crippen molar-refractivity contribution in [1.29, 1.82) is 0 Å². The number of hydrogen-bond donors (Lipinski definition) is 0. The van der Waals surface area contributed by atoms with E-state index >= 15 is 0 Å².